The van der Waals surface area contributed by atoms with Crippen LogP contribution in [0.2, 0.25) is 0 Å². The van der Waals surface area contributed by atoms with Crippen LogP contribution in [0, 0.1) is 25.2 Å². The Labute approximate surface area is 122 Å². The average Bonchev–Trinajstić information content (AvgIpc) is 2.81. The molecule has 5 heteroatoms. The van der Waals surface area contributed by atoms with Gasteiger partial charge in [0.05, 0.1) is 12.3 Å². The van der Waals surface area contributed by atoms with Crippen molar-refractivity contribution in [1.82, 2.24) is 4.98 Å². The monoisotopic (exact) mass is 288 g/mol. The van der Waals surface area contributed by atoms with Crippen LogP contribution in [0.3, 0.4) is 0 Å². The van der Waals surface area contributed by atoms with Crippen LogP contribution in [0.1, 0.15) is 26.7 Å². The second-order valence-electron chi connectivity index (χ2n) is 4.44. The Kier molecular flexibility index (Phi) is 4.72. The van der Waals surface area contributed by atoms with Crippen LogP contribution < -0.4 is 4.74 Å². The van der Waals surface area contributed by atoms with E-state index >= 15 is 0 Å². The number of methoxy groups -OCH3 is 1. The molecule has 0 aliphatic carbocycles. The molecule has 0 aliphatic rings. The van der Waals surface area contributed by atoms with Gasteiger partial charge in [-0.25, -0.2) is 4.98 Å². The minimum atomic E-state index is 0.350. The fourth-order valence-electron chi connectivity index (χ4n) is 1.95. The fraction of sp³-hybridized carbons (Fsp3) is 0.333. The number of aromatic nitrogens is 1. The van der Waals surface area contributed by atoms with Gasteiger partial charge in [0.2, 0.25) is 0 Å². The number of thiazole rings is 1. The Morgan fingerprint density at radius 2 is 1.95 bits per heavy atom. The number of aryl methyl sites for hydroxylation is 2. The van der Waals surface area contributed by atoms with Gasteiger partial charge in [0.1, 0.15) is 28.3 Å². The number of rotatable bonds is 5. The van der Waals surface area contributed by atoms with Gasteiger partial charge in [-0.15, -0.1) is 11.3 Å². The molecule has 2 aromatic rings. The van der Waals surface area contributed by atoms with E-state index in [2.05, 4.69) is 11.1 Å². The quantitative estimate of drug-likeness (QED) is 0.846. The summed E-state index contributed by atoms with van der Waals surface area (Å²) in [6.45, 7) is 4.75. The third kappa shape index (κ3) is 3.16. The summed E-state index contributed by atoms with van der Waals surface area (Å²) in [5.74, 6) is 0.884. The molecule has 0 fully saturated rings. The van der Waals surface area contributed by atoms with Crippen LogP contribution in [0.25, 0.3) is 0 Å². The third-order valence-electron chi connectivity index (χ3n) is 2.87. The van der Waals surface area contributed by atoms with E-state index in [1.807, 2.05) is 32.0 Å². The highest BCUT2D eigenvalue weighted by Gasteiger charge is 2.12. The molecule has 0 unspecified atom stereocenters. The van der Waals surface area contributed by atoms with E-state index in [1.165, 1.54) is 11.3 Å². The lowest BCUT2D eigenvalue weighted by molar-refractivity contribution is 0.181. The van der Waals surface area contributed by atoms with Gasteiger partial charge in [0.15, 0.2) is 0 Å². The smallest absolute Gasteiger partial charge is 0.140 e. The number of para-hydroxylation sites is 1. The van der Waals surface area contributed by atoms with Gasteiger partial charge in [0, 0.05) is 7.11 Å². The zero-order chi connectivity index (χ0) is 14.5. The van der Waals surface area contributed by atoms with Crippen molar-refractivity contribution in [2.75, 3.05) is 7.11 Å². The first kappa shape index (κ1) is 14.5. The number of hydrogen-bond acceptors (Lipinski definition) is 5. The molecule has 0 N–H and O–H groups in total. The van der Waals surface area contributed by atoms with Crippen LogP contribution in [0.5, 0.6) is 5.75 Å². The van der Waals surface area contributed by atoms with Gasteiger partial charge in [-0.2, -0.15) is 5.26 Å². The van der Waals surface area contributed by atoms with Gasteiger partial charge in [-0.05, 0) is 25.0 Å². The number of nitriles is 1. The SMILES string of the molecule is COCc1nc(COc2c(C)cccc2C)sc1C#N. The molecule has 0 saturated heterocycles. The minimum absolute atomic E-state index is 0.350. The Morgan fingerprint density at radius 1 is 1.25 bits per heavy atom. The Morgan fingerprint density at radius 3 is 2.55 bits per heavy atom. The Hall–Kier alpha value is -1.90. The second kappa shape index (κ2) is 6.51. The fourth-order valence-corrected chi connectivity index (χ4v) is 2.72. The van der Waals surface area contributed by atoms with Crippen molar-refractivity contribution in [2.24, 2.45) is 0 Å². The first-order chi connectivity index (χ1) is 9.65. The van der Waals surface area contributed by atoms with E-state index in [-0.39, 0.29) is 0 Å². The van der Waals surface area contributed by atoms with Crippen molar-refractivity contribution in [2.45, 2.75) is 27.1 Å². The average molecular weight is 288 g/mol. The zero-order valence-corrected chi connectivity index (χ0v) is 12.6. The predicted molar refractivity (Wildman–Crippen MR) is 77.8 cm³/mol. The van der Waals surface area contributed by atoms with Crippen molar-refractivity contribution in [3.63, 3.8) is 0 Å². The molecule has 4 nitrogen and oxygen atoms in total. The van der Waals surface area contributed by atoms with E-state index < -0.39 is 0 Å². The summed E-state index contributed by atoms with van der Waals surface area (Å²) in [7, 11) is 1.59. The van der Waals surface area contributed by atoms with Crippen molar-refractivity contribution in [3.8, 4) is 11.8 Å². The molecular formula is C15H16N2O2S. The summed E-state index contributed by atoms with van der Waals surface area (Å²) in [4.78, 5) is 4.98. The topological polar surface area (TPSA) is 55.1 Å². The summed E-state index contributed by atoms with van der Waals surface area (Å²) >= 11 is 1.35. The molecule has 0 spiro atoms. The van der Waals surface area contributed by atoms with Crippen LogP contribution in [0.15, 0.2) is 18.2 Å². The van der Waals surface area contributed by atoms with Crippen molar-refractivity contribution >= 4 is 11.3 Å². The highest BCUT2D eigenvalue weighted by Crippen LogP contribution is 2.25. The van der Waals surface area contributed by atoms with Gasteiger partial charge >= 0.3 is 0 Å². The highest BCUT2D eigenvalue weighted by atomic mass is 32.1. The Bertz CT molecular complexity index is 624. The molecule has 0 radical (unpaired) electrons. The standard InChI is InChI=1S/C15H16N2O2S/c1-10-5-4-6-11(2)15(10)19-9-14-17-12(8-18-3)13(7-16)20-14/h4-6H,8-9H2,1-3H3. The van der Waals surface area contributed by atoms with Gasteiger partial charge < -0.3 is 9.47 Å². The number of benzene rings is 1. The normalized spacial score (nSPS) is 10.3. The van der Waals surface area contributed by atoms with Crippen LogP contribution in [-0.2, 0) is 18.0 Å². The molecule has 1 aromatic heterocycles. The molecule has 20 heavy (non-hydrogen) atoms. The number of hydrogen-bond donors (Lipinski definition) is 0. The molecular weight excluding hydrogens is 272 g/mol. The summed E-state index contributed by atoms with van der Waals surface area (Å²) in [6.07, 6.45) is 0. The third-order valence-corrected chi connectivity index (χ3v) is 3.85. The summed E-state index contributed by atoms with van der Waals surface area (Å²) in [6, 6.07) is 8.18. The van der Waals surface area contributed by atoms with Crippen LogP contribution in [-0.4, -0.2) is 12.1 Å². The van der Waals surface area contributed by atoms with Crippen molar-refractivity contribution in [1.29, 1.82) is 5.26 Å². The van der Waals surface area contributed by atoms with E-state index in [0.29, 0.717) is 23.8 Å². The van der Waals surface area contributed by atoms with Crippen molar-refractivity contribution in [3.05, 3.63) is 44.9 Å². The second-order valence-corrected chi connectivity index (χ2v) is 5.52. The maximum absolute atomic E-state index is 9.06. The highest BCUT2D eigenvalue weighted by molar-refractivity contribution is 7.12. The largest absolute Gasteiger partial charge is 0.486 e. The lowest BCUT2D eigenvalue weighted by Gasteiger charge is -2.10. The lowest BCUT2D eigenvalue weighted by Crippen LogP contribution is -1.99. The maximum Gasteiger partial charge on any atom is 0.140 e. The first-order valence-electron chi connectivity index (χ1n) is 6.22. The molecule has 104 valence electrons. The van der Waals surface area contributed by atoms with E-state index in [4.69, 9.17) is 14.7 Å². The summed E-state index contributed by atoms with van der Waals surface area (Å²) < 4.78 is 10.9. The van der Waals surface area contributed by atoms with E-state index in [9.17, 15) is 0 Å². The van der Waals surface area contributed by atoms with Gasteiger partial charge in [0.25, 0.3) is 0 Å². The predicted octanol–water partition coefficient (Wildman–Crippen LogP) is 3.36. The molecule has 0 aliphatic heterocycles. The number of ether oxygens (including phenoxy) is 2. The summed E-state index contributed by atoms with van der Waals surface area (Å²) in [5, 5.41) is 9.84. The molecule has 0 atom stereocenters. The molecule has 1 aromatic carbocycles. The van der Waals surface area contributed by atoms with Crippen LogP contribution in [0.4, 0.5) is 0 Å². The van der Waals surface area contributed by atoms with E-state index in [1.54, 1.807) is 7.11 Å². The van der Waals surface area contributed by atoms with Crippen LogP contribution >= 0.6 is 11.3 Å². The van der Waals surface area contributed by atoms with Gasteiger partial charge in [-0.3, -0.25) is 0 Å². The Balaban J connectivity index is 2.13. The molecule has 0 amide bonds. The summed E-state index contributed by atoms with van der Waals surface area (Å²) in [5.41, 5.74) is 2.87. The van der Waals surface area contributed by atoms with Crippen molar-refractivity contribution < 1.29 is 9.47 Å². The van der Waals surface area contributed by atoms with E-state index in [0.717, 1.165) is 21.9 Å². The zero-order valence-electron chi connectivity index (χ0n) is 11.8. The maximum atomic E-state index is 9.06. The van der Waals surface area contributed by atoms with Gasteiger partial charge in [-0.1, -0.05) is 18.2 Å². The lowest BCUT2D eigenvalue weighted by atomic mass is 10.1. The molecule has 1 heterocycles. The molecule has 0 bridgehead atoms. The molecule has 2 rings (SSSR count). The minimum Gasteiger partial charge on any atom is -0.486 e. The molecule has 0 saturated carbocycles. The number of nitrogens with zero attached hydrogens (tertiary/aromatic N) is 2. The first-order valence-corrected chi connectivity index (χ1v) is 7.04.